The third-order valence-electron chi connectivity index (χ3n) is 5.28. The largest absolute Gasteiger partial charge is 0.486 e. The highest BCUT2D eigenvalue weighted by atomic mass is 127. The van der Waals surface area contributed by atoms with E-state index in [0.29, 0.717) is 17.3 Å². The number of terminal acetylenes is 1. The Hall–Kier alpha value is -3.97. The molecule has 4 aromatic rings. The van der Waals surface area contributed by atoms with Crippen molar-refractivity contribution in [1.29, 1.82) is 0 Å². The summed E-state index contributed by atoms with van der Waals surface area (Å²) in [6, 6.07) is 20.8. The Morgan fingerprint density at radius 3 is 2.53 bits per heavy atom. The molecular formula is C28H24IN3O4. The zero-order valence-electron chi connectivity index (χ0n) is 19.8. The summed E-state index contributed by atoms with van der Waals surface area (Å²) in [7, 11) is 0. The van der Waals surface area contributed by atoms with Gasteiger partial charge in [-0.3, -0.25) is 4.79 Å². The predicted octanol–water partition coefficient (Wildman–Crippen LogP) is 5.65. The van der Waals surface area contributed by atoms with Crippen LogP contribution >= 0.6 is 22.6 Å². The molecule has 0 fully saturated rings. The Morgan fingerprint density at radius 2 is 1.83 bits per heavy atom. The van der Waals surface area contributed by atoms with Crippen molar-refractivity contribution in [3.63, 3.8) is 0 Å². The van der Waals surface area contributed by atoms with Crippen molar-refractivity contribution in [3.8, 4) is 29.5 Å². The minimum absolute atomic E-state index is 0.146. The maximum Gasteiger partial charge on any atom is 0.307 e. The molecule has 182 valence electrons. The molecule has 7 nitrogen and oxygen atoms in total. The summed E-state index contributed by atoms with van der Waals surface area (Å²) in [5.41, 5.74) is 6.68. The van der Waals surface area contributed by atoms with Crippen LogP contribution in [0.15, 0.2) is 76.2 Å². The lowest BCUT2D eigenvalue weighted by molar-refractivity contribution is 0.0923. The molecule has 0 spiro atoms. The summed E-state index contributed by atoms with van der Waals surface area (Å²) in [5.74, 6) is 4.05. The number of carbonyl (C=O) groups is 1. The molecule has 0 aliphatic rings. The summed E-state index contributed by atoms with van der Waals surface area (Å²) in [6.07, 6.45) is 6.76. The fraction of sp³-hybridized carbons (Fsp3) is 0.143. The molecule has 0 saturated carbocycles. The molecule has 2 aromatic heterocycles. The number of hydrogen-bond acceptors (Lipinski definition) is 5. The van der Waals surface area contributed by atoms with Crippen LogP contribution < -0.4 is 14.9 Å². The van der Waals surface area contributed by atoms with Crippen molar-refractivity contribution in [3.05, 3.63) is 98.8 Å². The van der Waals surface area contributed by atoms with Gasteiger partial charge in [-0.2, -0.15) is 5.10 Å². The van der Waals surface area contributed by atoms with Gasteiger partial charge in [-0.25, -0.2) is 5.43 Å². The highest BCUT2D eigenvalue weighted by molar-refractivity contribution is 14.1. The molecule has 4 rings (SSSR count). The number of furan rings is 1. The number of benzene rings is 2. The van der Waals surface area contributed by atoms with E-state index in [2.05, 4.69) is 69.6 Å². The highest BCUT2D eigenvalue weighted by Gasteiger charge is 2.11. The van der Waals surface area contributed by atoms with Crippen LogP contribution in [0, 0.1) is 29.8 Å². The van der Waals surface area contributed by atoms with Crippen LogP contribution in [0.5, 0.6) is 11.5 Å². The lowest BCUT2D eigenvalue weighted by Crippen LogP contribution is -2.16. The molecule has 0 unspecified atom stereocenters. The van der Waals surface area contributed by atoms with Gasteiger partial charge in [-0.05, 0) is 109 Å². The minimum Gasteiger partial charge on any atom is -0.486 e. The van der Waals surface area contributed by atoms with Crippen molar-refractivity contribution in [1.82, 2.24) is 9.99 Å². The van der Waals surface area contributed by atoms with Crippen LogP contribution in [0.25, 0.3) is 5.69 Å². The second-order valence-corrected chi connectivity index (χ2v) is 9.04. The fourth-order valence-electron chi connectivity index (χ4n) is 3.55. The Balaban J connectivity index is 1.29. The predicted molar refractivity (Wildman–Crippen MR) is 147 cm³/mol. The number of hydrazone groups is 1. The topological polar surface area (TPSA) is 78.0 Å². The van der Waals surface area contributed by atoms with Crippen LogP contribution in [0.4, 0.5) is 0 Å². The second kappa shape index (κ2) is 11.6. The Bertz CT molecular complexity index is 1410. The molecule has 0 aliphatic carbocycles. The van der Waals surface area contributed by atoms with Gasteiger partial charge in [0.15, 0.2) is 5.76 Å². The number of aromatic nitrogens is 1. The Kier molecular flexibility index (Phi) is 8.13. The van der Waals surface area contributed by atoms with Gasteiger partial charge in [0.1, 0.15) is 30.5 Å². The third kappa shape index (κ3) is 6.17. The molecule has 0 radical (unpaired) electrons. The van der Waals surface area contributed by atoms with Crippen LogP contribution in [0.2, 0.25) is 0 Å². The number of halogens is 1. The number of nitrogens with zero attached hydrogens (tertiary/aromatic N) is 2. The maximum absolute atomic E-state index is 12.4. The van der Waals surface area contributed by atoms with Crippen LogP contribution in [-0.2, 0) is 6.61 Å². The van der Waals surface area contributed by atoms with Crippen LogP contribution in [0.3, 0.4) is 0 Å². The third-order valence-corrected chi connectivity index (χ3v) is 6.12. The number of carbonyl (C=O) groups excluding carboxylic acids is 1. The molecule has 8 heteroatoms. The Morgan fingerprint density at radius 1 is 1.08 bits per heavy atom. The standard InChI is InChI=1S/C28H24IN3O4/c1-4-15-34-26-13-7-21(16-25(26)29)17-30-31-28(33)27-14-12-24(36-27)18-35-23-10-8-22(9-11-23)32-19(2)5-6-20(32)3/h1,5-14,16-17H,15,18H2,2-3H3,(H,31,33)/b30-17+. The van der Waals surface area contributed by atoms with Gasteiger partial charge in [0, 0.05) is 17.1 Å². The van der Waals surface area contributed by atoms with Gasteiger partial charge in [0.05, 0.1) is 9.78 Å². The van der Waals surface area contributed by atoms with Gasteiger partial charge in [0.2, 0.25) is 0 Å². The van der Waals surface area contributed by atoms with Gasteiger partial charge < -0.3 is 18.5 Å². The van der Waals surface area contributed by atoms with Crippen LogP contribution in [0.1, 0.15) is 33.3 Å². The van der Waals surface area contributed by atoms with Gasteiger partial charge >= 0.3 is 5.91 Å². The van der Waals surface area contributed by atoms with E-state index in [-0.39, 0.29) is 19.0 Å². The molecule has 1 N–H and O–H groups in total. The van der Waals surface area contributed by atoms with Gasteiger partial charge in [-0.15, -0.1) is 6.42 Å². The van der Waals surface area contributed by atoms with Crippen LogP contribution in [-0.4, -0.2) is 23.3 Å². The average molecular weight is 593 g/mol. The number of nitrogens with one attached hydrogen (secondary N) is 1. The molecule has 0 saturated heterocycles. The molecule has 2 heterocycles. The monoisotopic (exact) mass is 593 g/mol. The summed E-state index contributed by atoms with van der Waals surface area (Å²) in [4.78, 5) is 12.4. The van der Waals surface area contributed by atoms with E-state index >= 15 is 0 Å². The normalized spacial score (nSPS) is 10.8. The zero-order valence-corrected chi connectivity index (χ0v) is 22.0. The molecule has 0 atom stereocenters. The maximum atomic E-state index is 12.4. The van der Waals surface area contributed by atoms with Crippen molar-refractivity contribution in [2.45, 2.75) is 20.5 Å². The van der Waals surface area contributed by atoms with Gasteiger partial charge in [-0.1, -0.05) is 5.92 Å². The van der Waals surface area contributed by atoms with E-state index in [4.69, 9.17) is 20.3 Å². The first kappa shape index (κ1) is 25.1. The first-order valence-corrected chi connectivity index (χ1v) is 12.2. The van der Waals surface area contributed by atoms with Gasteiger partial charge in [0.25, 0.3) is 0 Å². The second-order valence-electron chi connectivity index (χ2n) is 7.88. The van der Waals surface area contributed by atoms with E-state index in [9.17, 15) is 4.79 Å². The molecule has 2 aromatic carbocycles. The highest BCUT2D eigenvalue weighted by Crippen LogP contribution is 2.22. The summed E-state index contributed by atoms with van der Waals surface area (Å²) in [6.45, 7) is 4.55. The molecule has 36 heavy (non-hydrogen) atoms. The average Bonchev–Trinajstić information content (AvgIpc) is 3.49. The van der Waals surface area contributed by atoms with E-state index in [1.807, 2.05) is 36.4 Å². The van der Waals surface area contributed by atoms with Crippen molar-refractivity contribution in [2.75, 3.05) is 6.61 Å². The van der Waals surface area contributed by atoms with E-state index < -0.39 is 5.91 Å². The molecular weight excluding hydrogens is 569 g/mol. The van der Waals surface area contributed by atoms with E-state index in [1.165, 1.54) is 11.4 Å². The molecule has 0 bridgehead atoms. The molecule has 0 aliphatic heterocycles. The van der Waals surface area contributed by atoms with Crippen molar-refractivity contribution < 1.29 is 18.7 Å². The number of rotatable bonds is 9. The smallest absolute Gasteiger partial charge is 0.307 e. The zero-order chi connectivity index (χ0) is 25.5. The quantitative estimate of drug-likeness (QED) is 0.118. The summed E-state index contributed by atoms with van der Waals surface area (Å²) >= 11 is 2.15. The lowest BCUT2D eigenvalue weighted by Gasteiger charge is -2.10. The lowest BCUT2D eigenvalue weighted by atomic mass is 10.2. The first-order valence-electron chi connectivity index (χ1n) is 11.1. The van der Waals surface area contributed by atoms with Crippen molar-refractivity contribution >= 4 is 34.7 Å². The molecule has 1 amide bonds. The number of hydrogen-bond donors (Lipinski definition) is 1. The summed E-state index contributed by atoms with van der Waals surface area (Å²) < 4.78 is 19.9. The summed E-state index contributed by atoms with van der Waals surface area (Å²) in [5, 5.41) is 4.00. The SMILES string of the molecule is C#CCOc1ccc(/C=N/NC(=O)c2ccc(COc3ccc(-n4c(C)ccc4C)cc3)o2)cc1I. The van der Waals surface area contributed by atoms with E-state index in [1.54, 1.807) is 24.4 Å². The van der Waals surface area contributed by atoms with Crippen molar-refractivity contribution in [2.24, 2.45) is 5.10 Å². The number of amides is 1. The number of ether oxygens (including phenoxy) is 2. The van der Waals surface area contributed by atoms with E-state index in [0.717, 1.165) is 14.8 Å². The minimum atomic E-state index is -0.456. The fourth-order valence-corrected chi connectivity index (χ4v) is 4.25. The number of aryl methyl sites for hydroxylation is 2. The Labute approximate surface area is 223 Å². The first-order chi connectivity index (χ1) is 17.4.